The summed E-state index contributed by atoms with van der Waals surface area (Å²) < 4.78 is 17.3. The zero-order valence-electron chi connectivity index (χ0n) is 44.3. The molecule has 0 aliphatic rings. The monoisotopic (exact) mass is 941 g/mol. The number of carbonyl (C=O) groups excluding carboxylic acids is 2. The van der Waals surface area contributed by atoms with E-state index in [9.17, 15) is 9.59 Å². The van der Waals surface area contributed by atoms with Crippen molar-refractivity contribution >= 4 is 11.9 Å². The van der Waals surface area contributed by atoms with Crippen LogP contribution in [0.15, 0.2) is 122 Å². The average molecular weight is 942 g/mol. The highest BCUT2D eigenvalue weighted by molar-refractivity contribution is 5.70. The van der Waals surface area contributed by atoms with Crippen molar-refractivity contribution in [3.8, 4) is 0 Å². The summed E-state index contributed by atoms with van der Waals surface area (Å²) >= 11 is 0. The third kappa shape index (κ3) is 54.9. The lowest BCUT2D eigenvalue weighted by atomic mass is 10.1. The van der Waals surface area contributed by atoms with Gasteiger partial charge in [0.05, 0.1) is 6.61 Å². The lowest BCUT2D eigenvalue weighted by molar-refractivity contribution is -0.162. The van der Waals surface area contributed by atoms with E-state index < -0.39 is 6.10 Å². The van der Waals surface area contributed by atoms with Gasteiger partial charge in [-0.2, -0.15) is 0 Å². The van der Waals surface area contributed by atoms with Crippen molar-refractivity contribution in [1.82, 2.24) is 0 Å². The number of ether oxygens (including phenoxy) is 3. The van der Waals surface area contributed by atoms with E-state index in [1.54, 1.807) is 0 Å². The van der Waals surface area contributed by atoms with Crippen molar-refractivity contribution in [3.63, 3.8) is 0 Å². The summed E-state index contributed by atoms with van der Waals surface area (Å²) in [6, 6.07) is 0. The largest absolute Gasteiger partial charge is 0.462 e. The van der Waals surface area contributed by atoms with Crippen LogP contribution in [0.25, 0.3) is 0 Å². The maximum atomic E-state index is 12.8. The molecule has 68 heavy (non-hydrogen) atoms. The molecule has 5 nitrogen and oxygen atoms in total. The van der Waals surface area contributed by atoms with Crippen LogP contribution in [-0.2, 0) is 23.8 Å². The standard InChI is InChI=1S/C63H104O5/c1-4-7-10-13-16-19-22-25-27-29-31-33-35-37-40-43-46-49-52-55-58-66-59-61(68-63(65)57-54-51-48-45-42-38-24-21-18-15-12-9-6-3)60-67-62(64)56-53-50-47-44-41-39-36-34-32-30-28-26-23-20-17-14-11-8-5-2/h7,9-10,12,16,18-19,21,25-28,31,33,37-38,40,42,48,51,61H,4-6,8,11,13-15,17,20,22-24,29-30,32,34-36,39,41,43-47,49-50,52-60H2,1-3H3/b10-7-,12-9-,19-16-,21-18-,27-25-,28-26-,33-31-,40-37-,42-38-,51-48-. The second-order valence-corrected chi connectivity index (χ2v) is 18.1. The van der Waals surface area contributed by atoms with Crippen molar-refractivity contribution in [2.24, 2.45) is 0 Å². The van der Waals surface area contributed by atoms with Gasteiger partial charge in [-0.3, -0.25) is 9.59 Å². The predicted molar refractivity (Wildman–Crippen MR) is 297 cm³/mol. The molecule has 0 saturated heterocycles. The first-order valence-corrected chi connectivity index (χ1v) is 28.1. The fourth-order valence-corrected chi connectivity index (χ4v) is 7.37. The second-order valence-electron chi connectivity index (χ2n) is 18.1. The van der Waals surface area contributed by atoms with Gasteiger partial charge < -0.3 is 14.2 Å². The lowest BCUT2D eigenvalue weighted by Gasteiger charge is -2.18. The minimum atomic E-state index is -0.597. The van der Waals surface area contributed by atoms with Crippen LogP contribution in [-0.4, -0.2) is 37.9 Å². The summed E-state index contributed by atoms with van der Waals surface area (Å²) in [6.07, 6.45) is 80.9. The Labute approximate surface area is 420 Å². The Balaban J connectivity index is 4.38. The van der Waals surface area contributed by atoms with Crippen LogP contribution >= 0.6 is 0 Å². The zero-order valence-corrected chi connectivity index (χ0v) is 44.3. The molecule has 0 aromatic carbocycles. The van der Waals surface area contributed by atoms with Gasteiger partial charge in [0, 0.05) is 19.4 Å². The molecule has 0 saturated carbocycles. The molecule has 1 atom stereocenters. The highest BCUT2D eigenvalue weighted by Crippen LogP contribution is 2.14. The van der Waals surface area contributed by atoms with Gasteiger partial charge in [0.2, 0.25) is 0 Å². The first-order valence-electron chi connectivity index (χ1n) is 28.1. The number of esters is 2. The van der Waals surface area contributed by atoms with Crippen molar-refractivity contribution in [3.05, 3.63) is 122 Å². The van der Waals surface area contributed by atoms with Crippen LogP contribution in [0.2, 0.25) is 0 Å². The van der Waals surface area contributed by atoms with Crippen LogP contribution in [0.1, 0.15) is 239 Å². The molecule has 0 bridgehead atoms. The number of hydrogen-bond donors (Lipinski definition) is 0. The zero-order chi connectivity index (χ0) is 49.2. The normalized spacial score (nSPS) is 13.2. The van der Waals surface area contributed by atoms with Crippen molar-refractivity contribution in [2.45, 2.75) is 245 Å². The number of carbonyl (C=O) groups is 2. The van der Waals surface area contributed by atoms with E-state index in [-0.39, 0.29) is 31.6 Å². The molecule has 0 aromatic rings. The lowest BCUT2D eigenvalue weighted by Crippen LogP contribution is -2.30. The maximum absolute atomic E-state index is 12.8. The van der Waals surface area contributed by atoms with E-state index in [2.05, 4.69) is 136 Å². The summed E-state index contributed by atoms with van der Waals surface area (Å²) in [6.45, 7) is 7.46. The third-order valence-corrected chi connectivity index (χ3v) is 11.5. The van der Waals surface area contributed by atoms with Gasteiger partial charge in [0.25, 0.3) is 0 Å². The molecule has 1 unspecified atom stereocenters. The van der Waals surface area contributed by atoms with E-state index in [4.69, 9.17) is 14.2 Å². The topological polar surface area (TPSA) is 61.8 Å². The predicted octanol–water partition coefficient (Wildman–Crippen LogP) is 19.3. The molecule has 0 amide bonds. The number of unbranched alkanes of at least 4 members (excludes halogenated alkanes) is 19. The van der Waals surface area contributed by atoms with Crippen LogP contribution in [0.3, 0.4) is 0 Å². The van der Waals surface area contributed by atoms with Crippen molar-refractivity contribution in [1.29, 1.82) is 0 Å². The van der Waals surface area contributed by atoms with Gasteiger partial charge in [0.1, 0.15) is 6.61 Å². The average Bonchev–Trinajstić information content (AvgIpc) is 3.34. The SMILES string of the molecule is CC/C=C\C/C=C\C/C=C\C/C=C\C/C=C\CCCCCCOCC(COC(=O)CCCCCCCCCCC/C=C\CCCCCCCC)OC(=O)CC/C=C\C/C=C\C/C=C\C/C=C\CC. The van der Waals surface area contributed by atoms with E-state index in [0.717, 1.165) is 109 Å². The Morgan fingerprint density at radius 2 is 0.691 bits per heavy atom. The van der Waals surface area contributed by atoms with Crippen LogP contribution in [0.5, 0.6) is 0 Å². The van der Waals surface area contributed by atoms with Crippen LogP contribution in [0.4, 0.5) is 0 Å². The minimum Gasteiger partial charge on any atom is -0.462 e. The van der Waals surface area contributed by atoms with E-state index >= 15 is 0 Å². The van der Waals surface area contributed by atoms with E-state index in [0.29, 0.717) is 19.4 Å². The first-order chi connectivity index (χ1) is 33.6. The number of hydrogen-bond acceptors (Lipinski definition) is 5. The maximum Gasteiger partial charge on any atom is 0.306 e. The van der Waals surface area contributed by atoms with Gasteiger partial charge in [0.15, 0.2) is 6.10 Å². The van der Waals surface area contributed by atoms with E-state index in [1.165, 1.54) is 89.9 Å². The molecule has 0 fully saturated rings. The molecule has 0 spiro atoms. The second kappa shape index (κ2) is 57.6. The van der Waals surface area contributed by atoms with E-state index in [1.807, 2.05) is 6.08 Å². The molecular weight excluding hydrogens is 837 g/mol. The Kier molecular flexibility index (Phi) is 54.5. The van der Waals surface area contributed by atoms with Gasteiger partial charge in [-0.05, 0) is 116 Å². The summed E-state index contributed by atoms with van der Waals surface area (Å²) in [5.74, 6) is -0.512. The number of allylic oxidation sites excluding steroid dienone is 20. The highest BCUT2D eigenvalue weighted by atomic mass is 16.6. The van der Waals surface area contributed by atoms with Crippen molar-refractivity contribution in [2.75, 3.05) is 19.8 Å². The quantitative estimate of drug-likeness (QED) is 0.0345. The molecule has 386 valence electrons. The summed E-state index contributed by atoms with van der Waals surface area (Å²) in [7, 11) is 0. The van der Waals surface area contributed by atoms with Gasteiger partial charge in [-0.1, -0.05) is 232 Å². The summed E-state index contributed by atoms with van der Waals surface area (Å²) in [5.41, 5.74) is 0. The smallest absolute Gasteiger partial charge is 0.306 e. The molecule has 5 heteroatoms. The number of rotatable bonds is 50. The van der Waals surface area contributed by atoms with Gasteiger partial charge in [-0.25, -0.2) is 0 Å². The molecule has 0 rings (SSSR count). The Hall–Kier alpha value is -3.70. The molecule has 0 N–H and O–H groups in total. The fourth-order valence-electron chi connectivity index (χ4n) is 7.37. The van der Waals surface area contributed by atoms with Gasteiger partial charge in [-0.15, -0.1) is 0 Å². The molecule has 0 radical (unpaired) electrons. The Bertz CT molecular complexity index is 1390. The third-order valence-electron chi connectivity index (χ3n) is 11.5. The molecule has 0 aromatic heterocycles. The first kappa shape index (κ1) is 64.3. The Morgan fingerprint density at radius 3 is 1.13 bits per heavy atom. The Morgan fingerprint density at radius 1 is 0.338 bits per heavy atom. The molecule has 0 aliphatic heterocycles. The minimum absolute atomic E-state index is 0.0384. The highest BCUT2D eigenvalue weighted by Gasteiger charge is 2.17. The van der Waals surface area contributed by atoms with Crippen LogP contribution in [0, 0.1) is 0 Å². The molecule has 0 aliphatic carbocycles. The van der Waals surface area contributed by atoms with Gasteiger partial charge >= 0.3 is 11.9 Å². The molecule has 0 heterocycles. The summed E-state index contributed by atoms with van der Waals surface area (Å²) in [5, 5.41) is 0. The van der Waals surface area contributed by atoms with Crippen LogP contribution < -0.4 is 0 Å². The summed E-state index contributed by atoms with van der Waals surface area (Å²) in [4.78, 5) is 25.4. The fraction of sp³-hybridized carbons (Fsp3) is 0.651. The van der Waals surface area contributed by atoms with Crippen molar-refractivity contribution < 1.29 is 23.8 Å². The molecular formula is C63H104O5.